The molecular weight excluding hydrogens is 560 g/mol. The number of carbonyl (C=O) groups is 1. The molecule has 214 valence electrons. The number of amides is 2. The van der Waals surface area contributed by atoms with Gasteiger partial charge in [-0.05, 0) is 30.3 Å². The fourth-order valence-electron chi connectivity index (χ4n) is 4.38. The van der Waals surface area contributed by atoms with Crippen molar-refractivity contribution in [2.75, 3.05) is 51.5 Å². The van der Waals surface area contributed by atoms with E-state index in [1.54, 1.807) is 12.1 Å². The number of anilines is 2. The summed E-state index contributed by atoms with van der Waals surface area (Å²) in [6.07, 6.45) is 1.35. The number of urea groups is 1. The third-order valence-corrected chi connectivity index (χ3v) is 6.70. The molecule has 3 aromatic carbocycles. The van der Waals surface area contributed by atoms with E-state index in [0.29, 0.717) is 48.3 Å². The lowest BCUT2D eigenvalue weighted by Crippen LogP contribution is -2.38. The Bertz CT molecular complexity index is 1570. The molecule has 2 N–H and O–H groups in total. The zero-order valence-corrected chi connectivity index (χ0v) is 22.7. The van der Waals surface area contributed by atoms with Gasteiger partial charge in [0.1, 0.15) is 30.3 Å². The van der Waals surface area contributed by atoms with Gasteiger partial charge in [0.05, 0.1) is 47.6 Å². The molecule has 13 heteroatoms. The van der Waals surface area contributed by atoms with Crippen LogP contribution in [-0.2, 0) is 4.74 Å². The highest BCUT2D eigenvalue weighted by molar-refractivity contribution is 6.34. The molecule has 2 heterocycles. The van der Waals surface area contributed by atoms with Crippen LogP contribution in [0.15, 0.2) is 54.9 Å². The van der Waals surface area contributed by atoms with Crippen molar-refractivity contribution in [3.63, 3.8) is 0 Å². The molecule has 0 aliphatic carbocycles. The van der Waals surface area contributed by atoms with Crippen molar-refractivity contribution in [3.8, 4) is 23.1 Å². The van der Waals surface area contributed by atoms with Gasteiger partial charge in [0.2, 0.25) is 5.88 Å². The molecule has 0 saturated carbocycles. The molecule has 1 fully saturated rings. The predicted molar refractivity (Wildman–Crippen MR) is 148 cm³/mol. The van der Waals surface area contributed by atoms with Gasteiger partial charge in [-0.15, -0.1) is 0 Å². The van der Waals surface area contributed by atoms with Gasteiger partial charge in [-0.2, -0.15) is 0 Å². The number of hydrogen-bond acceptors (Lipinski definition) is 8. The summed E-state index contributed by atoms with van der Waals surface area (Å²) < 4.78 is 50.8. The van der Waals surface area contributed by atoms with Crippen LogP contribution in [-0.4, -0.2) is 67.5 Å². The first-order chi connectivity index (χ1) is 19.8. The van der Waals surface area contributed by atoms with E-state index >= 15 is 0 Å². The average molecular weight is 586 g/mol. The van der Waals surface area contributed by atoms with Gasteiger partial charge in [-0.1, -0.05) is 11.6 Å². The van der Waals surface area contributed by atoms with Crippen LogP contribution in [0.5, 0.6) is 23.1 Å². The number of methoxy groups -OCH3 is 1. The molecule has 1 saturated heterocycles. The van der Waals surface area contributed by atoms with Crippen molar-refractivity contribution >= 4 is 39.9 Å². The maximum atomic E-state index is 14.4. The number of nitrogens with zero attached hydrogens (tertiary/aromatic N) is 4. The van der Waals surface area contributed by atoms with Crippen molar-refractivity contribution < 1.29 is 32.5 Å². The molecular formula is C28H26ClF2N5O5. The van der Waals surface area contributed by atoms with Crippen LogP contribution in [0.25, 0.3) is 10.9 Å². The summed E-state index contributed by atoms with van der Waals surface area (Å²) in [5, 5.41) is 0.578. The fourth-order valence-corrected chi connectivity index (χ4v) is 4.63. The van der Waals surface area contributed by atoms with E-state index in [2.05, 4.69) is 14.9 Å². The molecule has 2 amide bonds. The summed E-state index contributed by atoms with van der Waals surface area (Å²) in [5.41, 5.74) is 5.88. The monoisotopic (exact) mass is 585 g/mol. The molecule has 0 spiro atoms. The van der Waals surface area contributed by atoms with Crippen molar-refractivity contribution in [2.24, 2.45) is 5.73 Å². The van der Waals surface area contributed by atoms with Gasteiger partial charge in [0.25, 0.3) is 0 Å². The summed E-state index contributed by atoms with van der Waals surface area (Å²) in [6, 6.07) is 9.56. The molecule has 1 aliphatic heterocycles. The van der Waals surface area contributed by atoms with E-state index in [9.17, 15) is 13.6 Å². The third-order valence-electron chi connectivity index (χ3n) is 6.40. The molecule has 5 rings (SSSR count). The summed E-state index contributed by atoms with van der Waals surface area (Å²) in [7, 11) is 1.53. The first-order valence-corrected chi connectivity index (χ1v) is 13.0. The molecule has 41 heavy (non-hydrogen) atoms. The minimum Gasteiger partial charge on any atom is -0.493 e. The molecule has 4 aromatic rings. The Balaban J connectivity index is 1.38. The fraction of sp³-hybridized carbons (Fsp3) is 0.250. The van der Waals surface area contributed by atoms with Crippen LogP contribution < -0.4 is 24.8 Å². The number of rotatable bonds is 9. The minimum atomic E-state index is -1.01. The maximum absolute atomic E-state index is 14.4. The Morgan fingerprint density at radius 3 is 2.56 bits per heavy atom. The number of nitrogens with two attached hydrogens (primary N) is 1. The SMILES string of the molecule is COc1cc2c(Oc3ccc(N(C(N)=O)c4ccc(F)cc4F)c(Cl)c3)ncnc2cc1OCCN1CCOCC1. The highest BCUT2D eigenvalue weighted by atomic mass is 35.5. The molecule has 0 radical (unpaired) electrons. The normalized spacial score (nSPS) is 13.7. The standard InChI is InChI=1S/C28H26ClF2N5O5/c1-38-25-14-19-22(15-26(25)40-11-8-35-6-9-39-10-7-35)33-16-34-27(19)41-18-3-5-23(20(29)13-18)36(28(32)37)24-4-2-17(30)12-21(24)31/h2-5,12-16H,6-11H2,1H3,(H2,32,37). The molecule has 10 nitrogen and oxygen atoms in total. The van der Waals surface area contributed by atoms with Gasteiger partial charge < -0.3 is 24.7 Å². The van der Waals surface area contributed by atoms with Crippen LogP contribution in [0.1, 0.15) is 0 Å². The summed E-state index contributed by atoms with van der Waals surface area (Å²) in [5.74, 6) is -0.284. The van der Waals surface area contributed by atoms with Gasteiger partial charge >= 0.3 is 6.03 Å². The van der Waals surface area contributed by atoms with E-state index < -0.39 is 17.7 Å². The van der Waals surface area contributed by atoms with Crippen molar-refractivity contribution in [1.82, 2.24) is 14.9 Å². The van der Waals surface area contributed by atoms with E-state index in [1.165, 1.54) is 31.6 Å². The number of aromatic nitrogens is 2. The lowest BCUT2D eigenvalue weighted by Gasteiger charge is -2.26. The minimum absolute atomic E-state index is 0.0249. The Morgan fingerprint density at radius 1 is 1.07 bits per heavy atom. The third kappa shape index (κ3) is 6.40. The van der Waals surface area contributed by atoms with Gasteiger partial charge in [-0.25, -0.2) is 23.5 Å². The maximum Gasteiger partial charge on any atom is 0.324 e. The number of ether oxygens (including phenoxy) is 4. The molecule has 0 bridgehead atoms. The highest BCUT2D eigenvalue weighted by Crippen LogP contribution is 2.39. The Kier molecular flexibility index (Phi) is 8.62. The second kappa shape index (κ2) is 12.5. The van der Waals surface area contributed by atoms with E-state index in [4.69, 9.17) is 36.3 Å². The van der Waals surface area contributed by atoms with Gasteiger partial charge in [-0.3, -0.25) is 9.80 Å². The van der Waals surface area contributed by atoms with Crippen molar-refractivity contribution in [2.45, 2.75) is 0 Å². The summed E-state index contributed by atoms with van der Waals surface area (Å²) >= 11 is 6.45. The number of morpholine rings is 1. The number of fused-ring (bicyclic) bond motifs is 1. The van der Waals surface area contributed by atoms with Crippen molar-refractivity contribution in [3.05, 3.63) is 71.5 Å². The zero-order chi connectivity index (χ0) is 28.9. The first kappa shape index (κ1) is 28.3. The largest absolute Gasteiger partial charge is 0.493 e. The predicted octanol–water partition coefficient (Wildman–Crippen LogP) is 5.29. The average Bonchev–Trinajstić information content (AvgIpc) is 2.95. The number of primary amides is 1. The molecule has 1 aliphatic rings. The summed E-state index contributed by atoms with van der Waals surface area (Å²) in [6.45, 7) is 4.36. The molecule has 0 unspecified atom stereocenters. The second-order valence-corrected chi connectivity index (χ2v) is 9.39. The number of halogens is 3. The lowest BCUT2D eigenvalue weighted by molar-refractivity contribution is 0.0321. The molecule has 0 atom stereocenters. The second-order valence-electron chi connectivity index (χ2n) is 8.99. The highest BCUT2D eigenvalue weighted by Gasteiger charge is 2.23. The van der Waals surface area contributed by atoms with Crippen LogP contribution in [0.4, 0.5) is 25.0 Å². The lowest BCUT2D eigenvalue weighted by atomic mass is 10.2. The Morgan fingerprint density at radius 2 is 1.85 bits per heavy atom. The number of hydrogen-bond donors (Lipinski definition) is 1. The van der Waals surface area contributed by atoms with Crippen LogP contribution in [0.2, 0.25) is 5.02 Å². The zero-order valence-electron chi connectivity index (χ0n) is 22.0. The topological polar surface area (TPSA) is 112 Å². The molecule has 1 aromatic heterocycles. The van der Waals surface area contributed by atoms with Crippen LogP contribution >= 0.6 is 11.6 Å². The van der Waals surface area contributed by atoms with Crippen molar-refractivity contribution in [1.29, 1.82) is 0 Å². The Labute approximate surface area is 239 Å². The van der Waals surface area contributed by atoms with E-state index in [-0.39, 0.29) is 28.0 Å². The van der Waals surface area contributed by atoms with E-state index in [1.807, 2.05) is 0 Å². The van der Waals surface area contributed by atoms with Crippen LogP contribution in [0.3, 0.4) is 0 Å². The quantitative estimate of drug-likeness (QED) is 0.282. The number of carbonyl (C=O) groups excluding carboxylic acids is 1. The van der Waals surface area contributed by atoms with Gasteiger partial charge in [0, 0.05) is 37.8 Å². The smallest absolute Gasteiger partial charge is 0.324 e. The van der Waals surface area contributed by atoms with Gasteiger partial charge in [0.15, 0.2) is 11.5 Å². The first-order valence-electron chi connectivity index (χ1n) is 12.6. The Hall–Kier alpha value is -4.26. The van der Waals surface area contributed by atoms with Crippen LogP contribution in [0, 0.1) is 11.6 Å². The number of benzene rings is 3. The summed E-state index contributed by atoms with van der Waals surface area (Å²) in [4.78, 5) is 23.9. The van der Waals surface area contributed by atoms with E-state index in [0.717, 1.165) is 36.7 Å².